The molecule has 0 aromatic heterocycles. The fraction of sp³-hybridized carbons (Fsp3) is 0.643. The van der Waals surface area contributed by atoms with E-state index in [4.69, 9.17) is 4.74 Å². The lowest BCUT2D eigenvalue weighted by molar-refractivity contribution is -0.136. The van der Waals surface area contributed by atoms with Gasteiger partial charge < -0.3 is 14.9 Å². The Bertz CT molecular complexity index is 908. The van der Waals surface area contributed by atoms with E-state index in [1.54, 1.807) is 27.0 Å². The third-order valence-corrected chi connectivity index (χ3v) is 7.64. The van der Waals surface area contributed by atoms with Crippen LogP contribution in [0.2, 0.25) is 0 Å². The number of phenolic OH excluding ortho intramolecular Hbond substituents is 1. The second-order valence-corrected chi connectivity index (χ2v) is 11.1. The van der Waals surface area contributed by atoms with Crippen LogP contribution >= 0.6 is 0 Å². The van der Waals surface area contributed by atoms with Gasteiger partial charge in [-0.15, -0.1) is 0 Å². The van der Waals surface area contributed by atoms with Crippen LogP contribution in [0.5, 0.6) is 11.5 Å². The van der Waals surface area contributed by atoms with Gasteiger partial charge in [0.2, 0.25) is 0 Å². The molecule has 1 aliphatic rings. The monoisotopic (exact) mass is 458 g/mol. The lowest BCUT2D eigenvalue weighted by atomic mass is 9.62. The van der Waals surface area contributed by atoms with Gasteiger partial charge in [0, 0.05) is 30.2 Å². The third kappa shape index (κ3) is 6.69. The topological polar surface area (TPSA) is 83.8 Å². The summed E-state index contributed by atoms with van der Waals surface area (Å²) in [5.41, 5.74) is 0.727. The van der Waals surface area contributed by atoms with Gasteiger partial charge in [0.25, 0.3) is 0 Å². The number of carbonyl (C=O) groups excluding carboxylic acids is 2. The Morgan fingerprint density at radius 2 is 1.88 bits per heavy atom. The van der Waals surface area contributed by atoms with Crippen LogP contribution in [0.15, 0.2) is 23.8 Å². The Balaban J connectivity index is 2.05. The van der Waals surface area contributed by atoms with E-state index >= 15 is 0 Å². The quantitative estimate of drug-likeness (QED) is 0.406. The smallest absolute Gasteiger partial charge is 0.139 e. The lowest BCUT2D eigenvalue weighted by Gasteiger charge is -2.40. The van der Waals surface area contributed by atoms with Crippen LogP contribution in [0.4, 0.5) is 0 Å². The van der Waals surface area contributed by atoms with Crippen molar-refractivity contribution in [2.45, 2.75) is 98.5 Å². The number of Topliss-reactive ketones (excluding diaryl/α,β-unsaturated/α-hetero) is 2. The maximum atomic E-state index is 13.1. The number of hydrogen-bond donors (Lipinski definition) is 2. The van der Waals surface area contributed by atoms with E-state index in [0.29, 0.717) is 37.9 Å². The summed E-state index contributed by atoms with van der Waals surface area (Å²) in [6.45, 7) is 11.3. The van der Waals surface area contributed by atoms with Crippen molar-refractivity contribution >= 4 is 11.6 Å². The molecule has 0 bridgehead atoms. The highest BCUT2D eigenvalue weighted by atomic mass is 16.5. The Morgan fingerprint density at radius 3 is 2.48 bits per heavy atom. The molecule has 0 radical (unpaired) electrons. The van der Waals surface area contributed by atoms with Gasteiger partial charge in [0.1, 0.15) is 23.1 Å². The van der Waals surface area contributed by atoms with Gasteiger partial charge in [-0.1, -0.05) is 31.9 Å². The number of aromatic hydroxyl groups is 1. The maximum absolute atomic E-state index is 13.1. The third-order valence-electron chi connectivity index (χ3n) is 7.64. The fourth-order valence-corrected chi connectivity index (χ4v) is 5.12. The molecular weight excluding hydrogens is 416 g/mol. The van der Waals surface area contributed by atoms with E-state index in [9.17, 15) is 19.8 Å². The first-order valence-corrected chi connectivity index (χ1v) is 12.0. The molecule has 0 saturated heterocycles. The molecule has 0 aliphatic heterocycles. The number of aliphatic hydroxyl groups is 1. The first-order valence-electron chi connectivity index (χ1n) is 12.0. The molecule has 1 aromatic rings. The standard InChI is InChI=1S/C28H42O5/c1-19(9-10-21-17-23(33-7)16-20(2)25(21)31)15-22(29)18-27(5)12-8-13-28(27,6)24(30)11-14-26(3,4)32/h9,16-17,31-32H,8,10-15,18H2,1-7H3/t27-,28+/m1/s1. The minimum Gasteiger partial charge on any atom is -0.507 e. The van der Waals surface area contributed by atoms with Gasteiger partial charge >= 0.3 is 0 Å². The summed E-state index contributed by atoms with van der Waals surface area (Å²) in [4.78, 5) is 26.1. The number of benzene rings is 1. The molecule has 0 unspecified atom stereocenters. The summed E-state index contributed by atoms with van der Waals surface area (Å²) < 4.78 is 5.29. The minimum absolute atomic E-state index is 0.140. The maximum Gasteiger partial charge on any atom is 0.139 e. The molecule has 1 aromatic carbocycles. The number of aryl methyl sites for hydroxylation is 1. The molecule has 5 nitrogen and oxygen atoms in total. The van der Waals surface area contributed by atoms with E-state index in [1.165, 1.54) is 0 Å². The first kappa shape index (κ1) is 27.1. The van der Waals surface area contributed by atoms with Crippen LogP contribution in [0.3, 0.4) is 0 Å². The molecule has 2 atom stereocenters. The number of ketones is 2. The predicted molar refractivity (Wildman–Crippen MR) is 132 cm³/mol. The van der Waals surface area contributed by atoms with E-state index in [0.717, 1.165) is 36.0 Å². The number of rotatable bonds is 11. The van der Waals surface area contributed by atoms with Gasteiger partial charge in [0.05, 0.1) is 12.7 Å². The summed E-state index contributed by atoms with van der Waals surface area (Å²) >= 11 is 0. The molecule has 0 spiro atoms. The number of carbonyl (C=O) groups is 2. The van der Waals surface area contributed by atoms with Crippen molar-refractivity contribution in [2.75, 3.05) is 7.11 Å². The van der Waals surface area contributed by atoms with Gasteiger partial charge in [-0.05, 0) is 76.5 Å². The molecule has 33 heavy (non-hydrogen) atoms. The van der Waals surface area contributed by atoms with Crippen molar-refractivity contribution in [3.05, 3.63) is 34.9 Å². The van der Waals surface area contributed by atoms with Crippen LogP contribution in [0.1, 0.15) is 90.7 Å². The summed E-state index contributed by atoms with van der Waals surface area (Å²) in [7, 11) is 1.60. The number of allylic oxidation sites excluding steroid dienone is 2. The second kappa shape index (κ2) is 10.4. The average Bonchev–Trinajstić information content (AvgIpc) is 3.01. The Kier molecular flexibility index (Phi) is 8.56. The van der Waals surface area contributed by atoms with E-state index in [2.05, 4.69) is 6.92 Å². The summed E-state index contributed by atoms with van der Waals surface area (Å²) in [6.07, 6.45) is 6.60. The molecule has 1 aliphatic carbocycles. The van der Waals surface area contributed by atoms with E-state index < -0.39 is 11.0 Å². The van der Waals surface area contributed by atoms with Crippen LogP contribution in [-0.2, 0) is 16.0 Å². The molecule has 5 heteroatoms. The van der Waals surface area contributed by atoms with Crippen molar-refractivity contribution in [1.82, 2.24) is 0 Å². The molecule has 0 heterocycles. The molecular formula is C28H42O5. The number of ether oxygens (including phenoxy) is 1. The summed E-state index contributed by atoms with van der Waals surface area (Å²) in [5.74, 6) is 1.25. The zero-order valence-corrected chi connectivity index (χ0v) is 21.5. The largest absolute Gasteiger partial charge is 0.507 e. The predicted octanol–water partition coefficient (Wildman–Crippen LogP) is 5.86. The molecule has 184 valence electrons. The molecule has 2 rings (SSSR count). The Hall–Kier alpha value is -2.14. The molecule has 2 N–H and O–H groups in total. The van der Waals surface area contributed by atoms with Crippen LogP contribution in [0, 0.1) is 17.8 Å². The Morgan fingerprint density at radius 1 is 1.21 bits per heavy atom. The van der Waals surface area contributed by atoms with Gasteiger partial charge in [0.15, 0.2) is 0 Å². The average molecular weight is 459 g/mol. The van der Waals surface area contributed by atoms with Crippen LogP contribution in [0.25, 0.3) is 0 Å². The highest BCUT2D eigenvalue weighted by Gasteiger charge is 2.53. The second-order valence-electron chi connectivity index (χ2n) is 11.1. The summed E-state index contributed by atoms with van der Waals surface area (Å²) in [6, 6.07) is 3.61. The minimum atomic E-state index is -0.867. The number of hydrogen-bond acceptors (Lipinski definition) is 5. The molecule has 1 fully saturated rings. The SMILES string of the molecule is COc1cc(C)c(O)c(CC=C(C)CC(=O)C[C@@]2(C)CCC[C@@]2(C)C(=O)CCC(C)(C)O)c1. The van der Waals surface area contributed by atoms with Crippen LogP contribution < -0.4 is 4.74 Å². The van der Waals surface area contributed by atoms with E-state index in [-0.39, 0.29) is 22.7 Å². The van der Waals surface area contributed by atoms with E-state index in [1.807, 2.05) is 32.9 Å². The molecule has 0 amide bonds. The molecule has 1 saturated carbocycles. The highest BCUT2D eigenvalue weighted by Crippen LogP contribution is 2.56. The summed E-state index contributed by atoms with van der Waals surface area (Å²) in [5, 5.41) is 20.4. The zero-order chi connectivity index (χ0) is 25.0. The highest BCUT2D eigenvalue weighted by molar-refractivity contribution is 5.88. The van der Waals surface area contributed by atoms with Gasteiger partial charge in [-0.3, -0.25) is 9.59 Å². The normalized spacial score (nSPS) is 23.6. The number of phenols is 1. The zero-order valence-electron chi connectivity index (χ0n) is 21.5. The fourth-order valence-electron chi connectivity index (χ4n) is 5.12. The number of methoxy groups -OCH3 is 1. The van der Waals surface area contributed by atoms with Gasteiger partial charge in [-0.2, -0.15) is 0 Å². The first-order chi connectivity index (χ1) is 15.2. The van der Waals surface area contributed by atoms with Gasteiger partial charge in [-0.25, -0.2) is 0 Å². The van der Waals surface area contributed by atoms with Crippen molar-refractivity contribution < 1.29 is 24.5 Å². The van der Waals surface area contributed by atoms with Crippen LogP contribution in [-0.4, -0.2) is 34.5 Å². The van der Waals surface area contributed by atoms with Crippen molar-refractivity contribution in [3.8, 4) is 11.5 Å². The lowest BCUT2D eigenvalue weighted by Crippen LogP contribution is -2.41. The van der Waals surface area contributed by atoms with Crippen molar-refractivity contribution in [2.24, 2.45) is 10.8 Å². The van der Waals surface area contributed by atoms with Crippen molar-refractivity contribution in [3.63, 3.8) is 0 Å². The Labute approximate surface area is 199 Å². The van der Waals surface area contributed by atoms with Crippen molar-refractivity contribution in [1.29, 1.82) is 0 Å².